The van der Waals surface area contributed by atoms with Crippen LogP contribution in [0.4, 0.5) is 0 Å². The van der Waals surface area contributed by atoms with E-state index in [0.717, 1.165) is 74.6 Å². The molecule has 1 aliphatic carbocycles. The maximum Gasteiger partial charge on any atom is 0.220 e. The number of aromatic nitrogens is 2. The topological polar surface area (TPSA) is 113 Å². The van der Waals surface area contributed by atoms with Crippen molar-refractivity contribution >= 4 is 11.9 Å². The van der Waals surface area contributed by atoms with Crippen LogP contribution in [0.5, 0.6) is 0 Å². The smallest absolute Gasteiger partial charge is 0.220 e. The number of carboxylic acids is 1. The predicted octanol–water partition coefficient (Wildman–Crippen LogP) is 1.01. The number of aryl methyl sites for hydroxylation is 1. The maximum atomic E-state index is 12.7. The Morgan fingerprint density at radius 2 is 2.09 bits per heavy atom. The van der Waals surface area contributed by atoms with Crippen LogP contribution in [0.2, 0.25) is 0 Å². The average Bonchev–Trinajstić information content (AvgIpc) is 3.50. The lowest BCUT2D eigenvalue weighted by Gasteiger charge is -2.46. The summed E-state index contributed by atoms with van der Waals surface area (Å²) >= 11 is 0. The van der Waals surface area contributed by atoms with Gasteiger partial charge in [-0.1, -0.05) is 12.8 Å². The number of amides is 1. The van der Waals surface area contributed by atoms with E-state index >= 15 is 0 Å². The predicted molar refractivity (Wildman–Crippen MR) is 123 cm³/mol. The summed E-state index contributed by atoms with van der Waals surface area (Å²) in [6.45, 7) is 4.71. The number of rotatable bonds is 8. The van der Waals surface area contributed by atoms with E-state index in [1.54, 1.807) is 6.26 Å². The highest BCUT2D eigenvalue weighted by atomic mass is 16.4. The Hall–Kier alpha value is -2.74. The molecule has 2 bridgehead atoms. The van der Waals surface area contributed by atoms with Crippen LogP contribution in [0.15, 0.2) is 28.9 Å². The third-order valence-corrected chi connectivity index (χ3v) is 8.33. The van der Waals surface area contributed by atoms with Crippen LogP contribution in [-0.4, -0.2) is 47.5 Å². The number of furan rings is 1. The number of hydrogen-bond donors (Lipinski definition) is 2. The summed E-state index contributed by atoms with van der Waals surface area (Å²) in [6.07, 6.45) is 7.77. The van der Waals surface area contributed by atoms with E-state index < -0.39 is 11.4 Å². The van der Waals surface area contributed by atoms with Gasteiger partial charge in [-0.25, -0.2) is 9.97 Å². The van der Waals surface area contributed by atoms with Crippen LogP contribution in [0, 0.1) is 18.3 Å². The minimum atomic E-state index is -1.05. The highest BCUT2D eigenvalue weighted by molar-refractivity contribution is 5.78. The van der Waals surface area contributed by atoms with Crippen molar-refractivity contribution in [3.05, 3.63) is 36.0 Å². The number of nitrogens with one attached hydrogen (secondary N) is 2. The number of hydrogen-bond acceptors (Lipinski definition) is 6. The van der Waals surface area contributed by atoms with Crippen LogP contribution in [0.25, 0.3) is 11.5 Å². The SMILES string of the molecule is Cc1nc(-c2ccco2)cc([C@H]2C[NH+]3CC[C@H]2C[C@@H]3CNC(=O)CC2(CC(=O)[O-])CCCC2)n1. The molecular weight excluding hydrogens is 432 g/mol. The lowest BCUT2D eigenvalue weighted by Crippen LogP contribution is -3.20. The van der Waals surface area contributed by atoms with Crippen LogP contribution in [0.1, 0.15) is 68.8 Å². The zero-order chi connectivity index (χ0) is 23.7. The number of carbonyl (C=O) groups excluding carboxylic acids is 2. The Kier molecular flexibility index (Phi) is 6.42. The molecule has 4 aliphatic rings. The fraction of sp³-hybridized carbons (Fsp3) is 0.615. The summed E-state index contributed by atoms with van der Waals surface area (Å²) in [5.41, 5.74) is 1.51. The monoisotopic (exact) mass is 466 g/mol. The second kappa shape index (κ2) is 9.49. The summed E-state index contributed by atoms with van der Waals surface area (Å²) in [4.78, 5) is 34.8. The molecule has 0 spiro atoms. The van der Waals surface area contributed by atoms with Gasteiger partial charge in [-0.15, -0.1) is 0 Å². The van der Waals surface area contributed by atoms with Gasteiger partial charge >= 0.3 is 0 Å². The molecule has 4 fully saturated rings. The second-order valence-electron chi connectivity index (χ2n) is 10.6. The molecular formula is C26H34N4O4. The van der Waals surface area contributed by atoms with Gasteiger partial charge in [-0.2, -0.15) is 0 Å². The molecule has 2 aromatic heterocycles. The second-order valence-corrected chi connectivity index (χ2v) is 10.6. The fourth-order valence-corrected chi connectivity index (χ4v) is 6.70. The molecule has 3 saturated heterocycles. The standard InChI is InChI=1S/C26H34N4O4/c1-17-28-21(12-22(29-17)23-5-4-10-34-23)20-16-30-9-6-18(20)11-19(30)15-27-24(31)13-26(14-25(32)33)7-2-3-8-26/h4-5,10,12,18-20H,2-3,6-9,11,13-16H2,1H3,(H,27,31)(H,32,33)/t18-,19+,20-/m0/s1. The molecule has 1 saturated carbocycles. The number of quaternary nitrogens is 1. The third-order valence-electron chi connectivity index (χ3n) is 8.33. The van der Waals surface area contributed by atoms with Crippen molar-refractivity contribution in [2.45, 2.75) is 70.3 Å². The molecule has 2 N–H and O–H groups in total. The summed E-state index contributed by atoms with van der Waals surface area (Å²) in [5.74, 6) is 1.39. The maximum absolute atomic E-state index is 12.7. The molecule has 5 heterocycles. The molecule has 0 aromatic carbocycles. The van der Waals surface area contributed by atoms with Gasteiger partial charge in [0, 0.05) is 25.2 Å². The zero-order valence-electron chi connectivity index (χ0n) is 19.8. The zero-order valence-corrected chi connectivity index (χ0v) is 19.8. The minimum absolute atomic E-state index is 0.0106. The van der Waals surface area contributed by atoms with Gasteiger partial charge in [0.15, 0.2) is 5.76 Å². The molecule has 8 nitrogen and oxygen atoms in total. The van der Waals surface area contributed by atoms with Crippen LogP contribution in [-0.2, 0) is 9.59 Å². The van der Waals surface area contributed by atoms with Gasteiger partial charge in [-0.3, -0.25) is 4.79 Å². The first-order valence-electron chi connectivity index (χ1n) is 12.6. The first-order valence-corrected chi connectivity index (χ1v) is 12.6. The Labute approximate surface area is 200 Å². The third kappa shape index (κ3) is 4.87. The number of carbonyl (C=O) groups is 2. The van der Waals surface area contributed by atoms with E-state index in [0.29, 0.717) is 30.8 Å². The number of carboxylic acid groups (broad SMARTS) is 1. The average molecular weight is 467 g/mol. The van der Waals surface area contributed by atoms with Gasteiger partial charge in [-0.05, 0) is 55.7 Å². The quantitative estimate of drug-likeness (QED) is 0.601. The molecule has 1 amide bonds. The minimum Gasteiger partial charge on any atom is -0.550 e. The lowest BCUT2D eigenvalue weighted by molar-refractivity contribution is -0.942. The van der Waals surface area contributed by atoms with Gasteiger partial charge in [0.2, 0.25) is 5.91 Å². The Balaban J connectivity index is 1.20. The van der Waals surface area contributed by atoms with Crippen LogP contribution < -0.4 is 15.3 Å². The summed E-state index contributed by atoms with van der Waals surface area (Å²) in [5, 5.41) is 14.4. The van der Waals surface area contributed by atoms with E-state index in [-0.39, 0.29) is 12.3 Å². The number of nitrogens with zero attached hydrogens (tertiary/aromatic N) is 2. The van der Waals surface area contributed by atoms with Gasteiger partial charge in [0.1, 0.15) is 17.6 Å². The molecule has 2 aromatic rings. The molecule has 6 rings (SSSR count). The summed E-state index contributed by atoms with van der Waals surface area (Å²) < 4.78 is 5.55. The van der Waals surface area contributed by atoms with E-state index in [1.807, 2.05) is 19.1 Å². The highest BCUT2D eigenvalue weighted by Crippen LogP contribution is 2.43. The lowest BCUT2D eigenvalue weighted by atomic mass is 9.74. The number of fused-ring (bicyclic) bond motifs is 3. The molecule has 4 atom stereocenters. The van der Waals surface area contributed by atoms with Crippen molar-refractivity contribution in [2.75, 3.05) is 19.6 Å². The van der Waals surface area contributed by atoms with Crippen molar-refractivity contribution in [3.63, 3.8) is 0 Å². The van der Waals surface area contributed by atoms with Gasteiger partial charge in [0.05, 0.1) is 37.5 Å². The van der Waals surface area contributed by atoms with Crippen molar-refractivity contribution < 1.29 is 24.0 Å². The van der Waals surface area contributed by atoms with Crippen LogP contribution >= 0.6 is 0 Å². The van der Waals surface area contributed by atoms with Crippen molar-refractivity contribution in [3.8, 4) is 11.5 Å². The molecule has 8 heteroatoms. The van der Waals surface area contributed by atoms with Crippen LogP contribution in [0.3, 0.4) is 0 Å². The Morgan fingerprint density at radius 3 is 2.76 bits per heavy atom. The van der Waals surface area contributed by atoms with Crippen molar-refractivity contribution in [1.29, 1.82) is 0 Å². The summed E-state index contributed by atoms with van der Waals surface area (Å²) in [7, 11) is 0. The largest absolute Gasteiger partial charge is 0.550 e. The molecule has 0 radical (unpaired) electrons. The first kappa shape index (κ1) is 23.0. The van der Waals surface area contributed by atoms with Gasteiger partial charge in [0.25, 0.3) is 0 Å². The summed E-state index contributed by atoms with van der Waals surface area (Å²) in [6, 6.07) is 6.27. The van der Waals surface area contributed by atoms with E-state index in [1.165, 1.54) is 4.90 Å². The van der Waals surface area contributed by atoms with Crippen molar-refractivity contribution in [1.82, 2.24) is 15.3 Å². The van der Waals surface area contributed by atoms with E-state index in [4.69, 9.17) is 9.40 Å². The normalized spacial score (nSPS) is 27.6. The Morgan fingerprint density at radius 1 is 1.26 bits per heavy atom. The first-order chi connectivity index (χ1) is 16.4. The van der Waals surface area contributed by atoms with Gasteiger partial charge < -0.3 is 24.5 Å². The van der Waals surface area contributed by atoms with E-state index in [9.17, 15) is 14.7 Å². The molecule has 1 unspecified atom stereocenters. The Bertz CT molecular complexity index is 1030. The highest BCUT2D eigenvalue weighted by Gasteiger charge is 2.45. The number of aliphatic carboxylic acids is 1. The number of piperidine rings is 3. The fourth-order valence-electron chi connectivity index (χ4n) is 6.70. The van der Waals surface area contributed by atoms with Crippen molar-refractivity contribution in [2.24, 2.45) is 11.3 Å². The molecule has 34 heavy (non-hydrogen) atoms. The van der Waals surface area contributed by atoms with E-state index in [2.05, 4.69) is 16.4 Å². The molecule has 182 valence electrons. The molecule has 3 aliphatic heterocycles.